The van der Waals surface area contributed by atoms with Crippen LogP contribution in [-0.2, 0) is 11.3 Å². The Morgan fingerprint density at radius 2 is 1.71 bits per heavy atom. The number of fused-ring (bicyclic) bond motifs is 1. The quantitative estimate of drug-likeness (QED) is 0.764. The van der Waals surface area contributed by atoms with Crippen molar-refractivity contribution in [2.45, 2.75) is 26.5 Å². The molecular weight excluding hydrogens is 298 g/mol. The van der Waals surface area contributed by atoms with Gasteiger partial charge < -0.3 is 10.1 Å². The molecule has 0 saturated heterocycles. The van der Waals surface area contributed by atoms with Crippen LogP contribution < -0.4 is 10.1 Å². The minimum absolute atomic E-state index is 0.119. The molecule has 0 spiro atoms. The lowest BCUT2D eigenvalue weighted by Crippen LogP contribution is -2.36. The average Bonchev–Trinajstić information content (AvgIpc) is 2.61. The summed E-state index contributed by atoms with van der Waals surface area (Å²) in [6.45, 7) is 4.22. The molecule has 122 valence electrons. The maximum absolute atomic E-state index is 12.3. The van der Waals surface area contributed by atoms with Crippen LogP contribution in [0.5, 0.6) is 5.75 Å². The van der Waals surface area contributed by atoms with Gasteiger partial charge in [0.05, 0.1) is 0 Å². The second-order valence-corrected chi connectivity index (χ2v) is 5.92. The lowest BCUT2D eigenvalue weighted by atomic mass is 10.1. The van der Waals surface area contributed by atoms with Gasteiger partial charge in [0, 0.05) is 6.54 Å². The van der Waals surface area contributed by atoms with Crippen molar-refractivity contribution in [3.05, 3.63) is 77.9 Å². The monoisotopic (exact) mass is 319 g/mol. The molecule has 3 aromatic carbocycles. The lowest BCUT2D eigenvalue weighted by molar-refractivity contribution is -0.127. The third-order valence-electron chi connectivity index (χ3n) is 4.05. The van der Waals surface area contributed by atoms with Crippen molar-refractivity contribution in [1.82, 2.24) is 5.32 Å². The highest BCUT2D eigenvalue weighted by Crippen LogP contribution is 2.18. The minimum Gasteiger partial charge on any atom is -0.481 e. The highest BCUT2D eigenvalue weighted by Gasteiger charge is 2.15. The van der Waals surface area contributed by atoms with E-state index in [1.807, 2.05) is 49.4 Å². The second-order valence-electron chi connectivity index (χ2n) is 5.92. The van der Waals surface area contributed by atoms with Gasteiger partial charge in [-0.25, -0.2) is 0 Å². The Bertz CT molecular complexity index is 857. The normalized spacial score (nSPS) is 11.9. The predicted octanol–water partition coefficient (Wildman–Crippen LogP) is 4.23. The molecule has 1 N–H and O–H groups in total. The zero-order valence-corrected chi connectivity index (χ0v) is 14.0. The maximum Gasteiger partial charge on any atom is 0.261 e. The molecule has 0 heterocycles. The van der Waals surface area contributed by atoms with Gasteiger partial charge >= 0.3 is 0 Å². The first-order valence-corrected chi connectivity index (χ1v) is 8.11. The van der Waals surface area contributed by atoms with E-state index in [-0.39, 0.29) is 5.91 Å². The summed E-state index contributed by atoms with van der Waals surface area (Å²) in [4.78, 5) is 12.3. The Kier molecular flexibility index (Phi) is 4.80. The van der Waals surface area contributed by atoms with Gasteiger partial charge in [0.2, 0.25) is 0 Å². The van der Waals surface area contributed by atoms with Crippen molar-refractivity contribution in [2.75, 3.05) is 0 Å². The number of carbonyl (C=O) groups excluding carboxylic acids is 1. The van der Waals surface area contributed by atoms with E-state index in [0.29, 0.717) is 6.54 Å². The van der Waals surface area contributed by atoms with Gasteiger partial charge in [-0.1, -0.05) is 54.6 Å². The van der Waals surface area contributed by atoms with Crippen LogP contribution in [0.25, 0.3) is 10.8 Å². The second kappa shape index (κ2) is 7.18. The molecule has 0 aromatic heterocycles. The molecule has 1 atom stereocenters. The summed E-state index contributed by atoms with van der Waals surface area (Å²) in [5, 5.41) is 5.31. The summed E-state index contributed by atoms with van der Waals surface area (Å²) < 4.78 is 5.75. The Morgan fingerprint density at radius 3 is 2.50 bits per heavy atom. The summed E-state index contributed by atoms with van der Waals surface area (Å²) in [6, 6.07) is 22.1. The van der Waals surface area contributed by atoms with E-state index in [9.17, 15) is 4.79 Å². The average molecular weight is 319 g/mol. The molecule has 24 heavy (non-hydrogen) atoms. The van der Waals surface area contributed by atoms with Crippen molar-refractivity contribution in [3.63, 3.8) is 0 Å². The third-order valence-corrected chi connectivity index (χ3v) is 4.05. The molecule has 1 amide bonds. The first kappa shape index (κ1) is 16.1. The van der Waals surface area contributed by atoms with Gasteiger partial charge in [0.1, 0.15) is 5.75 Å². The largest absolute Gasteiger partial charge is 0.481 e. The number of nitrogens with one attached hydrogen (secondary N) is 1. The fraction of sp³-hybridized carbons (Fsp3) is 0.190. The van der Waals surface area contributed by atoms with Crippen LogP contribution in [-0.4, -0.2) is 12.0 Å². The highest BCUT2D eigenvalue weighted by atomic mass is 16.5. The first-order chi connectivity index (χ1) is 11.6. The molecule has 0 unspecified atom stereocenters. The number of benzene rings is 3. The van der Waals surface area contributed by atoms with E-state index in [1.54, 1.807) is 6.92 Å². The van der Waals surface area contributed by atoms with E-state index in [4.69, 9.17) is 4.74 Å². The van der Waals surface area contributed by atoms with Gasteiger partial charge in [-0.2, -0.15) is 0 Å². The van der Waals surface area contributed by atoms with Gasteiger partial charge in [-0.05, 0) is 47.9 Å². The van der Waals surface area contributed by atoms with Gasteiger partial charge in [0.25, 0.3) is 5.91 Å². The summed E-state index contributed by atoms with van der Waals surface area (Å²) in [7, 11) is 0. The molecule has 0 aliphatic carbocycles. The standard InChI is InChI=1S/C21H21NO2/c1-15-7-3-6-10-20(15)24-16(2)21(23)22-14-17-11-12-18-8-4-5-9-19(18)13-17/h3-13,16H,14H2,1-2H3,(H,22,23)/t16-/m1/s1. The van der Waals surface area contributed by atoms with Crippen LogP contribution in [0.4, 0.5) is 0 Å². The van der Waals surface area contributed by atoms with E-state index in [1.165, 1.54) is 10.8 Å². The van der Waals surface area contributed by atoms with Crippen molar-refractivity contribution < 1.29 is 9.53 Å². The number of hydrogen-bond donors (Lipinski definition) is 1. The van der Waals surface area contributed by atoms with Crippen molar-refractivity contribution >= 4 is 16.7 Å². The Labute approximate surface area is 142 Å². The molecule has 3 heteroatoms. The maximum atomic E-state index is 12.3. The van der Waals surface area contributed by atoms with Crippen LogP contribution in [0.3, 0.4) is 0 Å². The molecule has 3 nitrogen and oxygen atoms in total. The Hall–Kier alpha value is -2.81. The number of hydrogen-bond acceptors (Lipinski definition) is 2. The lowest BCUT2D eigenvalue weighted by Gasteiger charge is -2.16. The van der Waals surface area contributed by atoms with Crippen LogP contribution >= 0.6 is 0 Å². The Balaban J connectivity index is 1.60. The van der Waals surface area contributed by atoms with Crippen LogP contribution in [0.1, 0.15) is 18.1 Å². The smallest absolute Gasteiger partial charge is 0.261 e. The molecular formula is C21H21NO2. The molecule has 0 bridgehead atoms. The van der Waals surface area contributed by atoms with Crippen molar-refractivity contribution in [2.24, 2.45) is 0 Å². The SMILES string of the molecule is Cc1ccccc1O[C@H](C)C(=O)NCc1ccc2ccccc2c1. The topological polar surface area (TPSA) is 38.3 Å². The summed E-state index contributed by atoms with van der Waals surface area (Å²) in [5.74, 6) is 0.622. The Morgan fingerprint density at radius 1 is 1.00 bits per heavy atom. The van der Waals surface area contributed by atoms with Gasteiger partial charge in [-0.3, -0.25) is 4.79 Å². The zero-order chi connectivity index (χ0) is 16.9. The van der Waals surface area contributed by atoms with E-state index >= 15 is 0 Å². The van der Waals surface area contributed by atoms with Crippen LogP contribution in [0.15, 0.2) is 66.7 Å². The number of para-hydroxylation sites is 1. The fourth-order valence-electron chi connectivity index (χ4n) is 2.61. The number of aryl methyl sites for hydroxylation is 1. The minimum atomic E-state index is -0.536. The summed E-state index contributed by atoms with van der Waals surface area (Å²) in [6.07, 6.45) is -0.536. The van der Waals surface area contributed by atoms with Crippen LogP contribution in [0, 0.1) is 6.92 Å². The number of rotatable bonds is 5. The number of carbonyl (C=O) groups is 1. The number of ether oxygens (including phenoxy) is 1. The van der Waals surface area contributed by atoms with Gasteiger partial charge in [0.15, 0.2) is 6.10 Å². The summed E-state index contributed by atoms with van der Waals surface area (Å²) >= 11 is 0. The molecule has 0 saturated carbocycles. The van der Waals surface area contributed by atoms with Crippen molar-refractivity contribution in [3.8, 4) is 5.75 Å². The first-order valence-electron chi connectivity index (χ1n) is 8.11. The highest BCUT2D eigenvalue weighted by molar-refractivity contribution is 5.83. The molecule has 0 aliphatic rings. The van der Waals surface area contributed by atoms with E-state index < -0.39 is 6.10 Å². The predicted molar refractivity (Wildman–Crippen MR) is 97.1 cm³/mol. The van der Waals surface area contributed by atoms with E-state index in [2.05, 4.69) is 29.6 Å². The molecule has 0 aliphatic heterocycles. The third kappa shape index (κ3) is 3.74. The number of amides is 1. The van der Waals surface area contributed by atoms with Crippen molar-refractivity contribution in [1.29, 1.82) is 0 Å². The molecule has 0 fully saturated rings. The molecule has 3 rings (SSSR count). The fourth-order valence-corrected chi connectivity index (χ4v) is 2.61. The van der Waals surface area contributed by atoms with E-state index in [0.717, 1.165) is 16.9 Å². The van der Waals surface area contributed by atoms with Crippen LogP contribution in [0.2, 0.25) is 0 Å². The molecule has 3 aromatic rings. The van der Waals surface area contributed by atoms with Gasteiger partial charge in [-0.15, -0.1) is 0 Å². The molecule has 0 radical (unpaired) electrons. The summed E-state index contributed by atoms with van der Waals surface area (Å²) in [5.41, 5.74) is 2.09. The zero-order valence-electron chi connectivity index (χ0n) is 14.0.